The summed E-state index contributed by atoms with van der Waals surface area (Å²) in [5.74, 6) is 0. The van der Waals surface area contributed by atoms with Gasteiger partial charge in [0.15, 0.2) is 5.13 Å². The Hall–Kier alpha value is -1.35. The Bertz CT molecular complexity index is 440. The maximum absolute atomic E-state index is 5.60. The van der Waals surface area contributed by atoms with Crippen molar-refractivity contribution in [3.63, 3.8) is 0 Å². The molecule has 2 nitrogen and oxygen atoms in total. The summed E-state index contributed by atoms with van der Waals surface area (Å²) >= 11 is 1.52. The van der Waals surface area contributed by atoms with Crippen molar-refractivity contribution in [2.45, 2.75) is 13.8 Å². The molecule has 2 rings (SSSR count). The van der Waals surface area contributed by atoms with Crippen molar-refractivity contribution in [1.29, 1.82) is 0 Å². The molecule has 1 aromatic carbocycles. The minimum absolute atomic E-state index is 0.624. The molecule has 72 valence electrons. The van der Waals surface area contributed by atoms with Gasteiger partial charge in [-0.25, -0.2) is 4.98 Å². The SMILES string of the molecule is Cc1cc(C)cc(-c2cnc(N)s2)c1. The minimum atomic E-state index is 0.624. The first kappa shape index (κ1) is 9.21. The second kappa shape index (κ2) is 3.42. The number of nitrogens with zero attached hydrogens (tertiary/aromatic N) is 1. The van der Waals surface area contributed by atoms with E-state index in [4.69, 9.17) is 5.73 Å². The second-order valence-corrected chi connectivity index (χ2v) is 4.50. The number of thiazole rings is 1. The maximum atomic E-state index is 5.60. The summed E-state index contributed by atoms with van der Waals surface area (Å²) in [6, 6.07) is 6.47. The summed E-state index contributed by atoms with van der Waals surface area (Å²) in [5.41, 5.74) is 9.35. The molecule has 0 unspecified atom stereocenters. The number of hydrogen-bond donors (Lipinski definition) is 1. The van der Waals surface area contributed by atoms with Gasteiger partial charge in [-0.2, -0.15) is 0 Å². The number of hydrogen-bond acceptors (Lipinski definition) is 3. The van der Waals surface area contributed by atoms with Crippen LogP contribution in [0.5, 0.6) is 0 Å². The molecule has 0 bridgehead atoms. The van der Waals surface area contributed by atoms with Crippen molar-refractivity contribution in [3.05, 3.63) is 35.5 Å². The Morgan fingerprint density at radius 2 is 1.79 bits per heavy atom. The molecule has 0 atom stereocenters. The number of rotatable bonds is 1. The number of aryl methyl sites for hydroxylation is 2. The van der Waals surface area contributed by atoms with E-state index in [0.29, 0.717) is 5.13 Å². The minimum Gasteiger partial charge on any atom is -0.375 e. The second-order valence-electron chi connectivity index (χ2n) is 3.44. The molecule has 0 aliphatic rings. The predicted molar refractivity (Wildman–Crippen MR) is 61.4 cm³/mol. The molecule has 2 aromatic rings. The molecule has 14 heavy (non-hydrogen) atoms. The van der Waals surface area contributed by atoms with Crippen molar-refractivity contribution in [2.24, 2.45) is 0 Å². The van der Waals surface area contributed by atoms with Crippen LogP contribution in [0.25, 0.3) is 10.4 Å². The molecule has 1 aromatic heterocycles. The van der Waals surface area contributed by atoms with Crippen LogP contribution >= 0.6 is 11.3 Å². The highest BCUT2D eigenvalue weighted by atomic mass is 32.1. The number of nitrogen functional groups attached to an aromatic ring is 1. The largest absolute Gasteiger partial charge is 0.375 e. The molecule has 0 spiro atoms. The fourth-order valence-electron chi connectivity index (χ4n) is 1.54. The van der Waals surface area contributed by atoms with E-state index >= 15 is 0 Å². The van der Waals surface area contributed by atoms with E-state index in [1.807, 2.05) is 6.20 Å². The van der Waals surface area contributed by atoms with Gasteiger partial charge in [0.1, 0.15) is 0 Å². The van der Waals surface area contributed by atoms with Gasteiger partial charge in [0.25, 0.3) is 0 Å². The first-order valence-corrected chi connectivity index (χ1v) is 5.27. The molecular weight excluding hydrogens is 192 g/mol. The van der Waals surface area contributed by atoms with E-state index in [1.165, 1.54) is 28.0 Å². The quantitative estimate of drug-likeness (QED) is 0.775. The number of aromatic nitrogens is 1. The van der Waals surface area contributed by atoms with Crippen LogP contribution in [-0.2, 0) is 0 Å². The van der Waals surface area contributed by atoms with Crippen molar-refractivity contribution >= 4 is 16.5 Å². The summed E-state index contributed by atoms with van der Waals surface area (Å²) in [5, 5.41) is 0.624. The standard InChI is InChI=1S/C11H12N2S/c1-7-3-8(2)5-9(4-7)10-6-13-11(12)14-10/h3-6H,1-2H3,(H2,12,13). The third-order valence-corrected chi connectivity index (χ3v) is 2.91. The van der Waals surface area contributed by atoms with Crippen LogP contribution in [0, 0.1) is 13.8 Å². The number of benzene rings is 1. The van der Waals surface area contributed by atoms with Gasteiger partial charge in [-0.1, -0.05) is 40.7 Å². The Balaban J connectivity index is 2.51. The van der Waals surface area contributed by atoms with E-state index < -0.39 is 0 Å². The summed E-state index contributed by atoms with van der Waals surface area (Å²) in [6.07, 6.45) is 1.83. The van der Waals surface area contributed by atoms with Gasteiger partial charge >= 0.3 is 0 Å². The van der Waals surface area contributed by atoms with Crippen LogP contribution in [0.2, 0.25) is 0 Å². The van der Waals surface area contributed by atoms with E-state index in [0.717, 1.165) is 4.88 Å². The highest BCUT2D eigenvalue weighted by Gasteiger charge is 2.02. The summed E-state index contributed by atoms with van der Waals surface area (Å²) < 4.78 is 0. The van der Waals surface area contributed by atoms with Crippen LogP contribution in [0.4, 0.5) is 5.13 Å². The van der Waals surface area contributed by atoms with Gasteiger partial charge in [0.2, 0.25) is 0 Å². The van der Waals surface area contributed by atoms with E-state index in [-0.39, 0.29) is 0 Å². The Morgan fingerprint density at radius 3 is 2.29 bits per heavy atom. The average Bonchev–Trinajstić information content (AvgIpc) is 2.50. The molecule has 0 saturated heterocycles. The van der Waals surface area contributed by atoms with Gasteiger partial charge in [0, 0.05) is 6.20 Å². The molecule has 1 heterocycles. The van der Waals surface area contributed by atoms with Crippen LogP contribution < -0.4 is 5.73 Å². The third-order valence-electron chi connectivity index (χ3n) is 2.03. The molecule has 0 aliphatic heterocycles. The van der Waals surface area contributed by atoms with Gasteiger partial charge in [-0.05, 0) is 19.4 Å². The number of nitrogens with two attached hydrogens (primary N) is 1. The fourth-order valence-corrected chi connectivity index (χ4v) is 2.21. The van der Waals surface area contributed by atoms with Gasteiger partial charge in [-0.15, -0.1) is 0 Å². The highest BCUT2D eigenvalue weighted by Crippen LogP contribution is 2.28. The zero-order chi connectivity index (χ0) is 10.1. The van der Waals surface area contributed by atoms with Crippen molar-refractivity contribution < 1.29 is 0 Å². The average molecular weight is 204 g/mol. The zero-order valence-corrected chi connectivity index (χ0v) is 9.06. The Labute approximate surface area is 87.4 Å². The lowest BCUT2D eigenvalue weighted by molar-refractivity contribution is 1.38. The Morgan fingerprint density at radius 1 is 1.14 bits per heavy atom. The van der Waals surface area contributed by atoms with E-state index in [2.05, 4.69) is 37.0 Å². The van der Waals surface area contributed by atoms with Gasteiger partial charge in [0.05, 0.1) is 4.88 Å². The van der Waals surface area contributed by atoms with Crippen molar-refractivity contribution in [1.82, 2.24) is 4.98 Å². The first-order chi connectivity index (χ1) is 6.65. The lowest BCUT2D eigenvalue weighted by Gasteiger charge is -2.01. The first-order valence-electron chi connectivity index (χ1n) is 4.45. The van der Waals surface area contributed by atoms with Crippen LogP contribution in [0.3, 0.4) is 0 Å². The summed E-state index contributed by atoms with van der Waals surface area (Å²) in [4.78, 5) is 5.18. The van der Waals surface area contributed by atoms with Gasteiger partial charge in [-0.3, -0.25) is 0 Å². The molecule has 0 aliphatic carbocycles. The van der Waals surface area contributed by atoms with Crippen LogP contribution in [-0.4, -0.2) is 4.98 Å². The zero-order valence-electron chi connectivity index (χ0n) is 8.24. The molecule has 0 saturated carbocycles. The maximum Gasteiger partial charge on any atom is 0.180 e. The molecule has 0 radical (unpaired) electrons. The Kier molecular flexibility index (Phi) is 2.25. The molecule has 0 fully saturated rings. The predicted octanol–water partition coefficient (Wildman–Crippen LogP) is 3.01. The van der Waals surface area contributed by atoms with E-state index in [1.54, 1.807) is 0 Å². The van der Waals surface area contributed by atoms with Crippen LogP contribution in [0.1, 0.15) is 11.1 Å². The molecular formula is C11H12N2S. The fraction of sp³-hybridized carbons (Fsp3) is 0.182. The van der Waals surface area contributed by atoms with E-state index in [9.17, 15) is 0 Å². The molecule has 0 amide bonds. The van der Waals surface area contributed by atoms with Crippen LogP contribution in [0.15, 0.2) is 24.4 Å². The highest BCUT2D eigenvalue weighted by molar-refractivity contribution is 7.18. The molecule has 2 N–H and O–H groups in total. The van der Waals surface area contributed by atoms with Crippen molar-refractivity contribution in [3.8, 4) is 10.4 Å². The van der Waals surface area contributed by atoms with Crippen molar-refractivity contribution in [2.75, 3.05) is 5.73 Å². The number of anilines is 1. The summed E-state index contributed by atoms with van der Waals surface area (Å²) in [6.45, 7) is 4.20. The normalized spacial score (nSPS) is 10.4. The lowest BCUT2D eigenvalue weighted by Crippen LogP contribution is -1.79. The lowest BCUT2D eigenvalue weighted by atomic mass is 10.1. The molecule has 3 heteroatoms. The topological polar surface area (TPSA) is 38.9 Å². The van der Waals surface area contributed by atoms with Gasteiger partial charge < -0.3 is 5.73 Å². The summed E-state index contributed by atoms with van der Waals surface area (Å²) in [7, 11) is 0. The smallest absolute Gasteiger partial charge is 0.180 e. The third kappa shape index (κ3) is 1.77. The monoisotopic (exact) mass is 204 g/mol.